The number of hydrogen-bond donors (Lipinski definition) is 3. The third-order valence-corrected chi connectivity index (χ3v) is 4.84. The molecule has 1 aromatic carbocycles. The Morgan fingerprint density at radius 2 is 2.17 bits per heavy atom. The van der Waals surface area contributed by atoms with E-state index in [0.717, 1.165) is 18.4 Å². The molecule has 6 heteroatoms. The lowest BCUT2D eigenvalue weighted by molar-refractivity contribution is 0.0899. The highest BCUT2D eigenvalue weighted by molar-refractivity contribution is 7.71. The van der Waals surface area contributed by atoms with E-state index in [1.165, 1.54) is 19.3 Å². The van der Waals surface area contributed by atoms with Crippen LogP contribution >= 0.6 is 12.2 Å². The summed E-state index contributed by atoms with van der Waals surface area (Å²) in [5, 5.41) is 12.4. The molecule has 1 atom stereocenters. The standard InChI is InChI=1S/C17H22N2O3S/c20-9-8-13(11-4-2-1-3-5-11)18-16(21)12-6-7-14-15(10-12)22-17(23)19-14/h6-7,10-11,13,20H,1-5,8-9H2,(H,18,21)(H,19,23)/t13-/m1/s1. The molecule has 1 saturated carbocycles. The van der Waals surface area contributed by atoms with Gasteiger partial charge in [0.2, 0.25) is 0 Å². The summed E-state index contributed by atoms with van der Waals surface area (Å²) in [7, 11) is 0. The third-order valence-electron chi connectivity index (χ3n) is 4.66. The van der Waals surface area contributed by atoms with Crippen LogP contribution in [0, 0.1) is 10.8 Å². The van der Waals surface area contributed by atoms with E-state index in [4.69, 9.17) is 16.6 Å². The van der Waals surface area contributed by atoms with Crippen LogP contribution in [0.2, 0.25) is 0 Å². The number of benzene rings is 1. The Bertz CT molecular complexity index is 731. The molecule has 0 saturated heterocycles. The van der Waals surface area contributed by atoms with Crippen molar-refractivity contribution in [2.45, 2.75) is 44.6 Å². The quantitative estimate of drug-likeness (QED) is 0.731. The molecule has 3 rings (SSSR count). The van der Waals surface area contributed by atoms with E-state index in [1.807, 2.05) is 0 Å². The largest absolute Gasteiger partial charge is 0.429 e. The number of oxazole rings is 1. The summed E-state index contributed by atoms with van der Waals surface area (Å²) in [5.41, 5.74) is 1.92. The van der Waals surface area contributed by atoms with E-state index in [9.17, 15) is 9.90 Å². The third kappa shape index (κ3) is 3.82. The molecule has 0 radical (unpaired) electrons. The van der Waals surface area contributed by atoms with Gasteiger partial charge in [-0.15, -0.1) is 0 Å². The average Bonchev–Trinajstić information content (AvgIpc) is 2.94. The van der Waals surface area contributed by atoms with Crippen LogP contribution in [0.15, 0.2) is 22.6 Å². The van der Waals surface area contributed by atoms with Crippen molar-refractivity contribution < 1.29 is 14.3 Å². The van der Waals surface area contributed by atoms with Crippen molar-refractivity contribution in [3.63, 3.8) is 0 Å². The lowest BCUT2D eigenvalue weighted by Crippen LogP contribution is -2.41. The molecule has 3 N–H and O–H groups in total. The molecule has 124 valence electrons. The van der Waals surface area contributed by atoms with Crippen molar-refractivity contribution in [3.8, 4) is 0 Å². The van der Waals surface area contributed by atoms with Crippen LogP contribution < -0.4 is 5.32 Å². The van der Waals surface area contributed by atoms with Gasteiger partial charge >= 0.3 is 0 Å². The zero-order valence-corrected chi connectivity index (χ0v) is 13.8. The normalized spacial score (nSPS) is 17.3. The van der Waals surface area contributed by atoms with E-state index in [0.29, 0.717) is 28.3 Å². The number of aromatic nitrogens is 1. The van der Waals surface area contributed by atoms with Gasteiger partial charge in [-0.2, -0.15) is 0 Å². The molecule has 1 amide bonds. The molecule has 1 fully saturated rings. The summed E-state index contributed by atoms with van der Waals surface area (Å²) in [5.74, 6) is 0.331. The van der Waals surface area contributed by atoms with E-state index >= 15 is 0 Å². The fourth-order valence-electron chi connectivity index (χ4n) is 3.44. The monoisotopic (exact) mass is 334 g/mol. The van der Waals surface area contributed by atoms with E-state index in [2.05, 4.69) is 10.3 Å². The smallest absolute Gasteiger partial charge is 0.266 e. The molecule has 1 aliphatic carbocycles. The molecule has 0 bridgehead atoms. The lowest BCUT2D eigenvalue weighted by atomic mass is 9.82. The minimum absolute atomic E-state index is 0.0289. The van der Waals surface area contributed by atoms with Crippen molar-refractivity contribution in [2.24, 2.45) is 5.92 Å². The molecule has 1 heterocycles. The van der Waals surface area contributed by atoms with Crippen molar-refractivity contribution in [1.29, 1.82) is 0 Å². The first-order chi connectivity index (χ1) is 11.2. The number of nitrogens with one attached hydrogen (secondary N) is 2. The predicted molar refractivity (Wildman–Crippen MR) is 90.9 cm³/mol. The van der Waals surface area contributed by atoms with Crippen LogP contribution in [0.5, 0.6) is 0 Å². The number of H-pyrrole nitrogens is 1. The summed E-state index contributed by atoms with van der Waals surface area (Å²) in [4.78, 5) is 15.8. The molecule has 1 aliphatic rings. The van der Waals surface area contributed by atoms with Crippen LogP contribution in [-0.2, 0) is 0 Å². The Morgan fingerprint density at radius 1 is 1.39 bits per heavy atom. The minimum Gasteiger partial charge on any atom is -0.429 e. The van der Waals surface area contributed by atoms with Gasteiger partial charge in [0.05, 0.1) is 5.52 Å². The maximum atomic E-state index is 12.6. The number of carbonyl (C=O) groups excluding carboxylic acids is 1. The van der Waals surface area contributed by atoms with Gasteiger partial charge in [-0.3, -0.25) is 4.79 Å². The minimum atomic E-state index is -0.127. The van der Waals surface area contributed by atoms with Gasteiger partial charge in [0.25, 0.3) is 10.7 Å². The number of carbonyl (C=O) groups is 1. The molecule has 23 heavy (non-hydrogen) atoms. The Balaban J connectivity index is 1.74. The fourth-order valence-corrected chi connectivity index (χ4v) is 3.64. The van der Waals surface area contributed by atoms with Gasteiger partial charge in [-0.1, -0.05) is 19.3 Å². The number of fused-ring (bicyclic) bond motifs is 1. The molecular weight excluding hydrogens is 312 g/mol. The van der Waals surface area contributed by atoms with Crippen LogP contribution in [0.4, 0.5) is 0 Å². The highest BCUT2D eigenvalue weighted by Crippen LogP contribution is 2.28. The number of aromatic amines is 1. The Kier molecular flexibility index (Phi) is 5.13. The topological polar surface area (TPSA) is 78.3 Å². The summed E-state index contributed by atoms with van der Waals surface area (Å²) in [6, 6.07) is 5.29. The van der Waals surface area contributed by atoms with E-state index in [1.54, 1.807) is 18.2 Å². The summed E-state index contributed by atoms with van der Waals surface area (Å²) >= 11 is 4.96. The number of hydrogen-bond acceptors (Lipinski definition) is 4. The first-order valence-corrected chi connectivity index (χ1v) is 8.63. The second kappa shape index (κ2) is 7.27. The van der Waals surface area contributed by atoms with Crippen LogP contribution in [0.3, 0.4) is 0 Å². The lowest BCUT2D eigenvalue weighted by Gasteiger charge is -2.30. The molecule has 2 aromatic rings. The van der Waals surface area contributed by atoms with Crippen molar-refractivity contribution in [3.05, 3.63) is 28.6 Å². The zero-order valence-electron chi connectivity index (χ0n) is 13.0. The molecular formula is C17H22N2O3S. The molecule has 5 nitrogen and oxygen atoms in total. The number of aliphatic hydroxyl groups excluding tert-OH is 1. The molecule has 1 aromatic heterocycles. The van der Waals surface area contributed by atoms with E-state index in [-0.39, 0.29) is 18.6 Å². The van der Waals surface area contributed by atoms with Crippen LogP contribution in [-0.4, -0.2) is 28.6 Å². The van der Waals surface area contributed by atoms with Gasteiger partial charge in [-0.25, -0.2) is 0 Å². The first kappa shape index (κ1) is 16.2. The Hall–Kier alpha value is -1.66. The van der Waals surface area contributed by atoms with Gasteiger partial charge in [0.1, 0.15) is 0 Å². The van der Waals surface area contributed by atoms with Gasteiger partial charge in [-0.05, 0) is 55.6 Å². The fraction of sp³-hybridized carbons (Fsp3) is 0.529. The summed E-state index contributed by atoms with van der Waals surface area (Å²) < 4.78 is 5.37. The van der Waals surface area contributed by atoms with Crippen molar-refractivity contribution in [1.82, 2.24) is 10.3 Å². The highest BCUT2D eigenvalue weighted by Gasteiger charge is 2.25. The molecule has 0 unspecified atom stereocenters. The molecule has 0 aliphatic heterocycles. The average molecular weight is 334 g/mol. The van der Waals surface area contributed by atoms with Gasteiger partial charge in [0.15, 0.2) is 5.58 Å². The van der Waals surface area contributed by atoms with Crippen LogP contribution in [0.25, 0.3) is 11.1 Å². The summed E-state index contributed by atoms with van der Waals surface area (Å²) in [6.07, 6.45) is 6.53. The van der Waals surface area contributed by atoms with Crippen molar-refractivity contribution >= 4 is 29.2 Å². The highest BCUT2D eigenvalue weighted by atomic mass is 32.1. The number of amides is 1. The summed E-state index contributed by atoms with van der Waals surface area (Å²) in [6.45, 7) is 0.0902. The Labute approximate surface area is 140 Å². The number of aliphatic hydroxyl groups is 1. The van der Waals surface area contributed by atoms with Gasteiger partial charge < -0.3 is 19.8 Å². The van der Waals surface area contributed by atoms with Crippen molar-refractivity contribution in [2.75, 3.05) is 6.61 Å². The maximum Gasteiger partial charge on any atom is 0.266 e. The zero-order chi connectivity index (χ0) is 16.2. The van der Waals surface area contributed by atoms with Gasteiger partial charge in [0, 0.05) is 18.2 Å². The second-order valence-corrected chi connectivity index (χ2v) is 6.59. The number of rotatable bonds is 5. The van der Waals surface area contributed by atoms with E-state index < -0.39 is 0 Å². The SMILES string of the molecule is O=C(N[C@H](CCO)C1CCCCC1)c1ccc2[nH]c(=S)oc2c1. The maximum absolute atomic E-state index is 12.6. The second-order valence-electron chi connectivity index (χ2n) is 6.22. The predicted octanol–water partition coefficient (Wildman–Crippen LogP) is 3.55. The van der Waals surface area contributed by atoms with Crippen LogP contribution in [0.1, 0.15) is 48.9 Å². The first-order valence-electron chi connectivity index (χ1n) is 8.22. The Morgan fingerprint density at radius 3 is 2.91 bits per heavy atom. The molecule has 0 spiro atoms.